The van der Waals surface area contributed by atoms with Crippen LogP contribution in [0.4, 0.5) is 0 Å². The maximum atomic E-state index is 9.85. The van der Waals surface area contributed by atoms with Crippen molar-refractivity contribution in [3.8, 4) is 11.8 Å². The Bertz CT molecular complexity index is 445. The summed E-state index contributed by atoms with van der Waals surface area (Å²) in [5.74, 6) is 6.36. The Morgan fingerprint density at radius 2 is 2.05 bits per heavy atom. The summed E-state index contributed by atoms with van der Waals surface area (Å²) in [4.78, 5) is 2.40. The van der Waals surface area contributed by atoms with Crippen LogP contribution >= 0.6 is 0 Å². The van der Waals surface area contributed by atoms with Gasteiger partial charge in [0, 0.05) is 6.04 Å². The molecule has 2 heteroatoms. The van der Waals surface area contributed by atoms with Gasteiger partial charge in [-0.1, -0.05) is 36.3 Å². The fraction of sp³-hybridized carbons (Fsp3) is 0.529. The number of hydrogen-bond donors (Lipinski definition) is 1. The molecule has 1 aliphatic rings. The summed E-state index contributed by atoms with van der Waals surface area (Å²) < 4.78 is 0. The summed E-state index contributed by atoms with van der Waals surface area (Å²) in [5, 5.41) is 9.85. The molecule has 1 heterocycles. The molecule has 0 bridgehead atoms. The molecule has 0 unspecified atom stereocenters. The Balaban J connectivity index is 2.29. The second-order valence-electron chi connectivity index (χ2n) is 5.25. The number of benzene rings is 1. The van der Waals surface area contributed by atoms with Crippen LogP contribution in [0.25, 0.3) is 0 Å². The largest absolute Gasteiger partial charge is 0.394 e. The number of piperidine rings is 1. The Morgan fingerprint density at radius 3 is 2.68 bits per heavy atom. The van der Waals surface area contributed by atoms with Gasteiger partial charge < -0.3 is 5.11 Å². The van der Waals surface area contributed by atoms with Gasteiger partial charge in [-0.2, -0.15) is 0 Å². The van der Waals surface area contributed by atoms with Gasteiger partial charge in [-0.3, -0.25) is 4.90 Å². The van der Waals surface area contributed by atoms with E-state index in [1.165, 1.54) is 18.4 Å². The summed E-state index contributed by atoms with van der Waals surface area (Å²) in [6.07, 6.45) is 3.52. The number of hydrogen-bond acceptors (Lipinski definition) is 2. The molecule has 3 atom stereocenters. The molecule has 1 aromatic carbocycles. The molecule has 1 aliphatic heterocycles. The molecule has 2 nitrogen and oxygen atoms in total. The van der Waals surface area contributed by atoms with E-state index in [0.717, 1.165) is 6.42 Å². The second kappa shape index (κ2) is 6.75. The number of rotatable bonds is 3. The lowest BCUT2D eigenvalue weighted by atomic mass is 9.92. The van der Waals surface area contributed by atoms with Crippen molar-refractivity contribution >= 4 is 0 Å². The van der Waals surface area contributed by atoms with Crippen molar-refractivity contribution in [2.24, 2.45) is 0 Å². The molecule has 0 aromatic heterocycles. The predicted molar refractivity (Wildman–Crippen MR) is 78.7 cm³/mol. The van der Waals surface area contributed by atoms with Crippen LogP contribution in [-0.2, 0) is 0 Å². The molecular weight excluding hydrogens is 234 g/mol. The van der Waals surface area contributed by atoms with E-state index in [4.69, 9.17) is 0 Å². The molecule has 1 fully saturated rings. The quantitative estimate of drug-likeness (QED) is 0.842. The third kappa shape index (κ3) is 3.18. The van der Waals surface area contributed by atoms with Gasteiger partial charge >= 0.3 is 0 Å². The summed E-state index contributed by atoms with van der Waals surface area (Å²) in [5.41, 5.74) is 1.18. The first kappa shape index (κ1) is 14.1. The van der Waals surface area contributed by atoms with Crippen LogP contribution < -0.4 is 0 Å². The van der Waals surface area contributed by atoms with Crippen LogP contribution in [-0.4, -0.2) is 28.7 Å². The second-order valence-corrected chi connectivity index (χ2v) is 5.25. The molecular formula is C17H23NO. The Labute approximate surface area is 116 Å². The molecule has 0 aliphatic carbocycles. The first-order valence-electron chi connectivity index (χ1n) is 7.13. The lowest BCUT2D eigenvalue weighted by Gasteiger charge is -2.43. The standard InChI is InChI=1S/C17H23NO/c1-3-8-16-12-7-9-14(2)18(16)17(13-19)15-10-5-4-6-11-15/h4-6,10-11,14,16-17,19H,7,9,12-13H2,1-2H3/t14-,16+,17-/m0/s1. The van der Waals surface area contributed by atoms with E-state index < -0.39 is 0 Å². The zero-order chi connectivity index (χ0) is 13.7. The van der Waals surface area contributed by atoms with Gasteiger partial charge in [-0.05, 0) is 38.7 Å². The van der Waals surface area contributed by atoms with Gasteiger partial charge in [0.25, 0.3) is 0 Å². The molecule has 0 radical (unpaired) electrons. The number of likely N-dealkylation sites (tertiary alicyclic amines) is 1. The van der Waals surface area contributed by atoms with Gasteiger partial charge in [0.2, 0.25) is 0 Å². The van der Waals surface area contributed by atoms with Crippen molar-refractivity contribution in [1.82, 2.24) is 4.90 Å². The van der Waals surface area contributed by atoms with Crippen molar-refractivity contribution in [3.05, 3.63) is 35.9 Å². The van der Waals surface area contributed by atoms with Crippen molar-refractivity contribution in [3.63, 3.8) is 0 Å². The molecule has 19 heavy (non-hydrogen) atoms. The van der Waals surface area contributed by atoms with Gasteiger partial charge in [-0.25, -0.2) is 0 Å². The minimum absolute atomic E-state index is 0.0577. The summed E-state index contributed by atoms with van der Waals surface area (Å²) in [7, 11) is 0. The van der Waals surface area contributed by atoms with Crippen molar-refractivity contribution < 1.29 is 5.11 Å². The van der Waals surface area contributed by atoms with E-state index in [9.17, 15) is 5.11 Å². The van der Waals surface area contributed by atoms with E-state index in [-0.39, 0.29) is 18.7 Å². The average Bonchev–Trinajstić information content (AvgIpc) is 2.44. The first-order valence-corrected chi connectivity index (χ1v) is 7.13. The fourth-order valence-electron chi connectivity index (χ4n) is 3.10. The maximum Gasteiger partial charge on any atom is 0.0722 e. The van der Waals surface area contributed by atoms with E-state index >= 15 is 0 Å². The Hall–Kier alpha value is -1.30. The van der Waals surface area contributed by atoms with Crippen LogP contribution in [0.15, 0.2) is 30.3 Å². The third-order valence-electron chi connectivity index (χ3n) is 4.00. The van der Waals surface area contributed by atoms with Crippen molar-refractivity contribution in [2.45, 2.75) is 51.2 Å². The molecule has 0 amide bonds. The van der Waals surface area contributed by atoms with Crippen LogP contribution in [0.3, 0.4) is 0 Å². The van der Waals surface area contributed by atoms with Crippen molar-refractivity contribution in [2.75, 3.05) is 6.61 Å². The Kier molecular flexibility index (Phi) is 5.01. The predicted octanol–water partition coefficient (Wildman–Crippen LogP) is 2.99. The molecule has 1 aromatic rings. The summed E-state index contributed by atoms with van der Waals surface area (Å²) in [6.45, 7) is 4.29. The number of nitrogens with zero attached hydrogens (tertiary/aromatic N) is 1. The molecule has 0 saturated carbocycles. The number of aliphatic hydroxyl groups excluding tert-OH is 1. The minimum atomic E-state index is 0.0577. The zero-order valence-electron chi connectivity index (χ0n) is 11.8. The molecule has 2 rings (SSSR count). The molecule has 0 spiro atoms. The first-order chi connectivity index (χ1) is 9.27. The topological polar surface area (TPSA) is 23.5 Å². The molecule has 102 valence electrons. The zero-order valence-corrected chi connectivity index (χ0v) is 11.8. The van der Waals surface area contributed by atoms with Gasteiger partial charge in [-0.15, -0.1) is 5.92 Å². The number of aliphatic hydroxyl groups is 1. The van der Waals surface area contributed by atoms with E-state index in [1.54, 1.807) is 0 Å². The van der Waals surface area contributed by atoms with Gasteiger partial charge in [0.1, 0.15) is 0 Å². The average molecular weight is 257 g/mol. The van der Waals surface area contributed by atoms with Gasteiger partial charge in [0.15, 0.2) is 0 Å². The van der Waals surface area contributed by atoms with Crippen molar-refractivity contribution in [1.29, 1.82) is 0 Å². The van der Waals surface area contributed by atoms with Crippen LogP contribution in [0.5, 0.6) is 0 Å². The van der Waals surface area contributed by atoms with Crippen LogP contribution in [0.1, 0.15) is 44.7 Å². The SMILES string of the molecule is CC#C[C@@H]1CCC[C@H](C)N1[C@@H](CO)c1ccccc1. The fourth-order valence-corrected chi connectivity index (χ4v) is 3.10. The van der Waals surface area contributed by atoms with E-state index in [1.807, 2.05) is 25.1 Å². The lowest BCUT2D eigenvalue weighted by molar-refractivity contribution is 0.0394. The Morgan fingerprint density at radius 1 is 1.32 bits per heavy atom. The van der Waals surface area contributed by atoms with Gasteiger partial charge in [0.05, 0.1) is 18.7 Å². The monoisotopic (exact) mass is 257 g/mol. The highest BCUT2D eigenvalue weighted by atomic mass is 16.3. The highest BCUT2D eigenvalue weighted by Gasteiger charge is 2.32. The maximum absolute atomic E-state index is 9.85. The lowest BCUT2D eigenvalue weighted by Crippen LogP contribution is -2.47. The summed E-state index contributed by atoms with van der Waals surface area (Å²) >= 11 is 0. The van der Waals surface area contributed by atoms with Crippen LogP contribution in [0.2, 0.25) is 0 Å². The molecule has 1 N–H and O–H groups in total. The van der Waals surface area contributed by atoms with Crippen LogP contribution in [0, 0.1) is 11.8 Å². The van der Waals surface area contributed by atoms with E-state index in [0.29, 0.717) is 6.04 Å². The smallest absolute Gasteiger partial charge is 0.0722 e. The normalized spacial score (nSPS) is 25.4. The highest BCUT2D eigenvalue weighted by Crippen LogP contribution is 2.32. The highest BCUT2D eigenvalue weighted by molar-refractivity contribution is 5.21. The third-order valence-corrected chi connectivity index (χ3v) is 4.00. The molecule has 1 saturated heterocycles. The summed E-state index contributed by atoms with van der Waals surface area (Å²) in [6, 6.07) is 11.1. The minimum Gasteiger partial charge on any atom is -0.394 e. The van der Waals surface area contributed by atoms with E-state index in [2.05, 4.69) is 35.8 Å².